The highest BCUT2D eigenvalue weighted by Crippen LogP contribution is 2.29. The molecule has 0 aliphatic heterocycles. The maximum atomic E-state index is 12.8. The molecule has 0 aromatic carbocycles. The molecule has 0 atom stereocenters. The molecule has 0 unspecified atom stereocenters. The van der Waals surface area contributed by atoms with E-state index in [4.69, 9.17) is 0 Å². The molecule has 0 radical (unpaired) electrons. The Kier molecular flexibility index (Phi) is 5.82. The van der Waals surface area contributed by atoms with Crippen LogP contribution in [-0.2, 0) is 18.8 Å². The third-order valence-electron chi connectivity index (χ3n) is 1.53. The third-order valence-corrected chi connectivity index (χ3v) is 2.43. The average molecular weight is 282 g/mol. The summed E-state index contributed by atoms with van der Waals surface area (Å²) in [6.45, 7) is 2.72. The van der Waals surface area contributed by atoms with Gasteiger partial charge in [0.25, 0.3) is 0 Å². The first-order chi connectivity index (χ1) is 7.54. The van der Waals surface area contributed by atoms with E-state index in [0.29, 0.717) is 0 Å². The van der Waals surface area contributed by atoms with Crippen LogP contribution < -0.4 is 0 Å². The van der Waals surface area contributed by atoms with Crippen LogP contribution in [0.2, 0.25) is 0 Å². The number of halogens is 4. The first kappa shape index (κ1) is 16.6. The van der Waals surface area contributed by atoms with Crippen LogP contribution in [0, 0.1) is 0 Å². The Morgan fingerprint density at radius 2 is 1.18 bits per heavy atom. The van der Waals surface area contributed by atoms with Crippen molar-refractivity contribution in [3.8, 4) is 0 Å². The number of alkyl halides is 4. The van der Waals surface area contributed by atoms with Crippen molar-refractivity contribution in [2.24, 2.45) is 0 Å². The monoisotopic (exact) mass is 282 g/mol. The lowest BCUT2D eigenvalue weighted by molar-refractivity contribution is -0.214. The fraction of sp³-hybridized carbons (Fsp3) is 1.00. The van der Waals surface area contributed by atoms with E-state index in [1.54, 1.807) is 0 Å². The largest absolute Gasteiger partial charge is 0.409 e. The second-order valence-corrected chi connectivity index (χ2v) is 4.50. The summed E-state index contributed by atoms with van der Waals surface area (Å²) in [5.41, 5.74) is 0. The minimum atomic E-state index is -5.44. The van der Waals surface area contributed by atoms with E-state index < -0.39 is 35.5 Å². The molecule has 104 valence electrons. The molecule has 0 saturated heterocycles. The van der Waals surface area contributed by atoms with Crippen LogP contribution in [0.25, 0.3) is 0 Å². The van der Waals surface area contributed by atoms with Crippen molar-refractivity contribution in [3.63, 3.8) is 0 Å². The third kappa shape index (κ3) is 7.50. The Hall–Kier alpha value is -0.410. The number of hydrogen-bond acceptors (Lipinski definition) is 4. The molecule has 0 N–H and O–H groups in total. The van der Waals surface area contributed by atoms with Gasteiger partial charge in [0.05, 0.1) is 0 Å². The van der Waals surface area contributed by atoms with Crippen molar-refractivity contribution in [1.29, 1.82) is 0 Å². The van der Waals surface area contributed by atoms with Gasteiger partial charge in [-0.25, -0.2) is 0 Å². The van der Waals surface area contributed by atoms with Crippen LogP contribution >= 0.6 is 0 Å². The Balaban J connectivity index is 4.60. The molecule has 0 aromatic rings. The summed E-state index contributed by atoms with van der Waals surface area (Å²) in [6, 6.07) is 0. The second kappa shape index (κ2) is 5.96. The van der Waals surface area contributed by atoms with Crippen LogP contribution in [0.5, 0.6) is 0 Å². The highest BCUT2D eigenvalue weighted by Gasteiger charge is 2.42. The zero-order valence-electron chi connectivity index (χ0n) is 9.38. The molecule has 0 aliphatic rings. The predicted octanol–water partition coefficient (Wildman–Crippen LogP) is 3.05. The van der Waals surface area contributed by atoms with Crippen LogP contribution in [0.3, 0.4) is 0 Å². The van der Waals surface area contributed by atoms with Gasteiger partial charge in [-0.15, -0.1) is 0 Å². The highest BCUT2D eigenvalue weighted by atomic mass is 32.3. The van der Waals surface area contributed by atoms with Crippen LogP contribution in [-0.4, -0.2) is 20.6 Å². The van der Waals surface area contributed by atoms with E-state index in [-0.39, 0.29) is 12.8 Å². The standard InChI is InChI=1S/C8H14F4O4S/c1-3-5-7(9,10)15-17(13,14)16-8(11,12)6-4-2/h3-6H2,1-2H3. The summed E-state index contributed by atoms with van der Waals surface area (Å²) in [6.07, 6.45) is -10.1. The maximum Gasteiger partial charge on any atom is 0.409 e. The molecule has 0 heterocycles. The molecule has 17 heavy (non-hydrogen) atoms. The molecule has 0 amide bonds. The molecule has 0 spiro atoms. The normalized spacial score (nSPS) is 14.0. The second-order valence-electron chi connectivity index (χ2n) is 3.35. The van der Waals surface area contributed by atoms with E-state index in [0.717, 1.165) is 0 Å². The van der Waals surface area contributed by atoms with E-state index in [9.17, 15) is 26.0 Å². The van der Waals surface area contributed by atoms with Crippen LogP contribution in [0.4, 0.5) is 17.6 Å². The molecule has 0 aliphatic carbocycles. The van der Waals surface area contributed by atoms with E-state index in [1.807, 2.05) is 0 Å². The zero-order valence-corrected chi connectivity index (χ0v) is 10.2. The molecule has 0 aromatic heterocycles. The first-order valence-corrected chi connectivity index (χ1v) is 6.29. The van der Waals surface area contributed by atoms with Crippen LogP contribution in [0.1, 0.15) is 39.5 Å². The van der Waals surface area contributed by atoms with Crippen molar-refractivity contribution in [3.05, 3.63) is 0 Å². The zero-order chi connectivity index (χ0) is 13.7. The summed E-state index contributed by atoms with van der Waals surface area (Å²) in [5.74, 6) is 0. The van der Waals surface area contributed by atoms with Gasteiger partial charge in [-0.05, 0) is 12.8 Å². The first-order valence-electron chi connectivity index (χ1n) is 4.95. The lowest BCUT2D eigenvalue weighted by Crippen LogP contribution is -2.32. The van der Waals surface area contributed by atoms with Gasteiger partial charge in [-0.3, -0.25) is 0 Å². The van der Waals surface area contributed by atoms with Crippen molar-refractivity contribution < 1.29 is 34.3 Å². The van der Waals surface area contributed by atoms with Gasteiger partial charge in [0.1, 0.15) is 0 Å². The molecule has 9 heteroatoms. The minimum absolute atomic E-state index is 0.0755. The molecule has 0 rings (SSSR count). The van der Waals surface area contributed by atoms with Gasteiger partial charge >= 0.3 is 22.6 Å². The van der Waals surface area contributed by atoms with Crippen molar-refractivity contribution >= 4 is 10.4 Å². The van der Waals surface area contributed by atoms with Gasteiger partial charge in [0.15, 0.2) is 0 Å². The highest BCUT2D eigenvalue weighted by molar-refractivity contribution is 7.81. The van der Waals surface area contributed by atoms with E-state index >= 15 is 0 Å². The Bertz CT molecular complexity index is 302. The van der Waals surface area contributed by atoms with E-state index in [1.165, 1.54) is 13.8 Å². The maximum absolute atomic E-state index is 12.8. The average Bonchev–Trinajstić information content (AvgIpc) is 1.96. The van der Waals surface area contributed by atoms with Crippen molar-refractivity contribution in [2.75, 3.05) is 0 Å². The molecule has 0 bridgehead atoms. The van der Waals surface area contributed by atoms with Gasteiger partial charge < -0.3 is 0 Å². The summed E-state index contributed by atoms with van der Waals surface area (Å²) in [5, 5.41) is 0. The topological polar surface area (TPSA) is 52.6 Å². The molecular weight excluding hydrogens is 268 g/mol. The lowest BCUT2D eigenvalue weighted by Gasteiger charge is -2.18. The summed E-state index contributed by atoms with van der Waals surface area (Å²) in [4.78, 5) is 0. The fourth-order valence-corrected chi connectivity index (χ4v) is 1.78. The van der Waals surface area contributed by atoms with Crippen molar-refractivity contribution in [1.82, 2.24) is 0 Å². The van der Waals surface area contributed by atoms with Crippen molar-refractivity contribution in [2.45, 2.75) is 51.7 Å². The molecule has 0 fully saturated rings. The van der Waals surface area contributed by atoms with Gasteiger partial charge in [-0.1, -0.05) is 13.8 Å². The SMILES string of the molecule is CCCC(F)(F)OS(=O)(=O)OC(F)(F)CCC. The minimum Gasteiger partial charge on any atom is -0.178 e. The smallest absolute Gasteiger partial charge is 0.178 e. The molecule has 0 saturated carbocycles. The quantitative estimate of drug-likeness (QED) is 0.642. The fourth-order valence-electron chi connectivity index (χ4n) is 0.981. The summed E-state index contributed by atoms with van der Waals surface area (Å²) < 4.78 is 79.2. The molecule has 4 nitrogen and oxygen atoms in total. The summed E-state index contributed by atoms with van der Waals surface area (Å²) >= 11 is 0. The Morgan fingerprint density at radius 3 is 1.41 bits per heavy atom. The summed E-state index contributed by atoms with van der Waals surface area (Å²) in [7, 11) is -5.44. The van der Waals surface area contributed by atoms with Gasteiger partial charge in [0.2, 0.25) is 0 Å². The molecular formula is C8H14F4O4S. The predicted molar refractivity (Wildman–Crippen MR) is 50.8 cm³/mol. The Morgan fingerprint density at radius 1 is 0.882 bits per heavy atom. The van der Waals surface area contributed by atoms with Gasteiger partial charge in [-0.2, -0.15) is 34.3 Å². The van der Waals surface area contributed by atoms with Gasteiger partial charge in [0, 0.05) is 12.8 Å². The lowest BCUT2D eigenvalue weighted by atomic mass is 10.3. The van der Waals surface area contributed by atoms with E-state index in [2.05, 4.69) is 8.37 Å². The Labute approximate surface area is 97.2 Å². The van der Waals surface area contributed by atoms with Crippen LogP contribution in [0.15, 0.2) is 0 Å². The number of rotatable bonds is 8. The number of hydrogen-bond donors (Lipinski definition) is 0.